The number of rotatable bonds is 3. The van der Waals surface area contributed by atoms with Gasteiger partial charge in [0.05, 0.1) is 0 Å². The van der Waals surface area contributed by atoms with Gasteiger partial charge < -0.3 is 10.0 Å². The van der Waals surface area contributed by atoms with E-state index in [1.54, 1.807) is 12.3 Å². The third kappa shape index (κ3) is 2.14. The van der Waals surface area contributed by atoms with Gasteiger partial charge in [-0.15, -0.1) is 0 Å². The Kier molecular flexibility index (Phi) is 3.66. The van der Waals surface area contributed by atoms with Gasteiger partial charge in [0.1, 0.15) is 0 Å². The Balaban J connectivity index is 3.13. The molecular formula is C10H16BNO2. The monoisotopic (exact) mass is 193 g/mol. The van der Waals surface area contributed by atoms with Crippen molar-refractivity contribution in [1.82, 2.24) is 4.98 Å². The predicted molar refractivity (Wildman–Crippen MR) is 57.5 cm³/mol. The quantitative estimate of drug-likeness (QED) is 0.690. The maximum Gasteiger partial charge on any atom is 0.488 e. The zero-order valence-electron chi connectivity index (χ0n) is 8.86. The first kappa shape index (κ1) is 11.2. The average Bonchev–Trinajstić information content (AvgIpc) is 2.16. The van der Waals surface area contributed by atoms with Gasteiger partial charge in [-0.3, -0.25) is 4.98 Å². The van der Waals surface area contributed by atoms with Crippen LogP contribution in [0.2, 0.25) is 0 Å². The molecule has 0 spiro atoms. The van der Waals surface area contributed by atoms with Crippen molar-refractivity contribution in [3.63, 3.8) is 0 Å². The summed E-state index contributed by atoms with van der Waals surface area (Å²) in [5.41, 5.74) is 2.39. The van der Waals surface area contributed by atoms with Crippen LogP contribution in [0.1, 0.15) is 37.4 Å². The summed E-state index contributed by atoms with van der Waals surface area (Å²) in [6.45, 7) is 6.06. The molecule has 0 radical (unpaired) electrons. The minimum atomic E-state index is -1.40. The summed E-state index contributed by atoms with van der Waals surface area (Å²) < 4.78 is 0. The smallest absolute Gasteiger partial charge is 0.423 e. The van der Waals surface area contributed by atoms with Crippen LogP contribution in [0.25, 0.3) is 0 Å². The molecule has 0 amide bonds. The first-order chi connectivity index (χ1) is 6.57. The topological polar surface area (TPSA) is 53.4 Å². The summed E-state index contributed by atoms with van der Waals surface area (Å²) in [4.78, 5) is 4.27. The lowest BCUT2D eigenvalue weighted by atomic mass is 9.76. The van der Waals surface area contributed by atoms with Gasteiger partial charge >= 0.3 is 7.12 Å². The van der Waals surface area contributed by atoms with E-state index >= 15 is 0 Å². The predicted octanol–water partition coefficient (Wildman–Crippen LogP) is 0.583. The maximum absolute atomic E-state index is 9.11. The summed E-state index contributed by atoms with van der Waals surface area (Å²) in [5, 5.41) is 18.2. The SMILES string of the molecule is CCC(C)c1nccc(B(O)O)c1C. The van der Waals surface area contributed by atoms with Crippen LogP contribution in [0.3, 0.4) is 0 Å². The highest BCUT2D eigenvalue weighted by atomic mass is 16.4. The highest BCUT2D eigenvalue weighted by Gasteiger charge is 2.18. The molecule has 1 atom stereocenters. The Bertz CT molecular complexity index is 315. The molecule has 2 N–H and O–H groups in total. The van der Waals surface area contributed by atoms with E-state index in [0.717, 1.165) is 17.7 Å². The molecule has 1 aromatic rings. The van der Waals surface area contributed by atoms with E-state index in [0.29, 0.717) is 11.4 Å². The van der Waals surface area contributed by atoms with Gasteiger partial charge in [-0.25, -0.2) is 0 Å². The molecule has 0 bridgehead atoms. The minimum Gasteiger partial charge on any atom is -0.423 e. The van der Waals surface area contributed by atoms with Crippen LogP contribution in [0.5, 0.6) is 0 Å². The fourth-order valence-electron chi connectivity index (χ4n) is 1.54. The highest BCUT2D eigenvalue weighted by Crippen LogP contribution is 2.18. The fourth-order valence-corrected chi connectivity index (χ4v) is 1.54. The summed E-state index contributed by atoms with van der Waals surface area (Å²) in [6, 6.07) is 1.64. The molecule has 1 rings (SSSR count). The standard InChI is InChI=1S/C10H16BNO2/c1-4-7(2)10-8(3)9(11(13)14)5-6-12-10/h5-7,13-14H,4H2,1-3H3. The van der Waals surface area contributed by atoms with E-state index in [1.165, 1.54) is 0 Å². The van der Waals surface area contributed by atoms with Crippen LogP contribution in [0.15, 0.2) is 12.3 Å². The second kappa shape index (κ2) is 4.57. The van der Waals surface area contributed by atoms with Gasteiger partial charge in [-0.1, -0.05) is 13.8 Å². The van der Waals surface area contributed by atoms with Crippen molar-refractivity contribution in [1.29, 1.82) is 0 Å². The van der Waals surface area contributed by atoms with Gasteiger partial charge in [0.15, 0.2) is 0 Å². The molecule has 4 heteroatoms. The molecule has 14 heavy (non-hydrogen) atoms. The summed E-state index contributed by atoms with van der Waals surface area (Å²) in [6.07, 6.45) is 2.63. The van der Waals surface area contributed by atoms with Crippen molar-refractivity contribution < 1.29 is 10.0 Å². The molecule has 1 heterocycles. The molecule has 0 saturated carbocycles. The first-order valence-corrected chi connectivity index (χ1v) is 4.89. The lowest BCUT2D eigenvalue weighted by molar-refractivity contribution is 0.425. The molecule has 0 aromatic carbocycles. The van der Waals surface area contributed by atoms with Gasteiger partial charge in [-0.2, -0.15) is 0 Å². The number of hydrogen-bond acceptors (Lipinski definition) is 3. The van der Waals surface area contributed by atoms with Crippen LogP contribution in [-0.4, -0.2) is 22.2 Å². The van der Waals surface area contributed by atoms with Crippen molar-refractivity contribution >= 4 is 12.6 Å². The Morgan fingerprint density at radius 2 is 2.14 bits per heavy atom. The largest absolute Gasteiger partial charge is 0.488 e. The third-order valence-electron chi connectivity index (χ3n) is 2.64. The normalized spacial score (nSPS) is 12.6. The average molecular weight is 193 g/mol. The van der Waals surface area contributed by atoms with Crippen molar-refractivity contribution in [2.24, 2.45) is 0 Å². The number of aromatic nitrogens is 1. The number of pyridine rings is 1. The molecule has 0 aliphatic heterocycles. The van der Waals surface area contributed by atoms with Gasteiger partial charge in [0.2, 0.25) is 0 Å². The fraction of sp³-hybridized carbons (Fsp3) is 0.500. The van der Waals surface area contributed by atoms with Crippen LogP contribution >= 0.6 is 0 Å². The van der Waals surface area contributed by atoms with E-state index in [2.05, 4.69) is 18.8 Å². The van der Waals surface area contributed by atoms with E-state index in [4.69, 9.17) is 10.0 Å². The van der Waals surface area contributed by atoms with Crippen molar-refractivity contribution in [3.05, 3.63) is 23.5 Å². The van der Waals surface area contributed by atoms with Gasteiger partial charge in [0, 0.05) is 11.9 Å². The molecule has 1 aromatic heterocycles. The highest BCUT2D eigenvalue weighted by molar-refractivity contribution is 6.59. The Morgan fingerprint density at radius 3 is 2.64 bits per heavy atom. The Labute approximate surface area is 85.0 Å². The lowest BCUT2D eigenvalue weighted by Gasteiger charge is -2.14. The van der Waals surface area contributed by atoms with Crippen molar-refractivity contribution in [2.45, 2.75) is 33.1 Å². The summed E-state index contributed by atoms with van der Waals surface area (Å²) in [5.74, 6) is 0.355. The Hall–Kier alpha value is -0.865. The second-order valence-electron chi connectivity index (χ2n) is 3.59. The van der Waals surface area contributed by atoms with Crippen LogP contribution < -0.4 is 5.46 Å². The van der Waals surface area contributed by atoms with Crippen LogP contribution in [0, 0.1) is 6.92 Å². The van der Waals surface area contributed by atoms with Gasteiger partial charge in [0.25, 0.3) is 0 Å². The number of nitrogens with zero attached hydrogens (tertiary/aromatic N) is 1. The van der Waals surface area contributed by atoms with E-state index in [1.807, 2.05) is 6.92 Å². The zero-order chi connectivity index (χ0) is 10.7. The van der Waals surface area contributed by atoms with Crippen molar-refractivity contribution in [2.75, 3.05) is 0 Å². The second-order valence-corrected chi connectivity index (χ2v) is 3.59. The molecule has 1 unspecified atom stereocenters. The van der Waals surface area contributed by atoms with Crippen molar-refractivity contribution in [3.8, 4) is 0 Å². The van der Waals surface area contributed by atoms with E-state index in [-0.39, 0.29) is 0 Å². The first-order valence-electron chi connectivity index (χ1n) is 4.89. The zero-order valence-corrected chi connectivity index (χ0v) is 8.86. The molecule has 0 fully saturated rings. The molecular weight excluding hydrogens is 177 g/mol. The Morgan fingerprint density at radius 1 is 1.50 bits per heavy atom. The summed E-state index contributed by atoms with van der Waals surface area (Å²) >= 11 is 0. The van der Waals surface area contributed by atoms with Gasteiger partial charge in [-0.05, 0) is 36.4 Å². The molecule has 0 saturated heterocycles. The third-order valence-corrected chi connectivity index (χ3v) is 2.64. The lowest BCUT2D eigenvalue weighted by Crippen LogP contribution is -2.33. The number of hydrogen-bond donors (Lipinski definition) is 2. The minimum absolute atomic E-state index is 0.355. The molecule has 0 aliphatic rings. The molecule has 76 valence electrons. The summed E-state index contributed by atoms with van der Waals surface area (Å²) in [7, 11) is -1.40. The van der Waals surface area contributed by atoms with E-state index < -0.39 is 7.12 Å². The van der Waals surface area contributed by atoms with Crippen LogP contribution in [-0.2, 0) is 0 Å². The maximum atomic E-state index is 9.11. The van der Waals surface area contributed by atoms with Crippen LogP contribution in [0.4, 0.5) is 0 Å². The molecule has 0 aliphatic carbocycles. The van der Waals surface area contributed by atoms with E-state index in [9.17, 15) is 0 Å². The molecule has 3 nitrogen and oxygen atoms in total.